The molecule has 0 radical (unpaired) electrons. The molecule has 1 aromatic heterocycles. The van der Waals surface area contributed by atoms with Crippen LogP contribution in [0.5, 0.6) is 0 Å². The van der Waals surface area contributed by atoms with Gasteiger partial charge in [0.25, 0.3) is 0 Å². The molecule has 0 fully saturated rings. The highest BCUT2D eigenvalue weighted by molar-refractivity contribution is 6.32. The predicted molar refractivity (Wildman–Crippen MR) is 120 cm³/mol. The molecule has 1 atom stereocenters. The standard InChI is InChI=1S/C22H17ClN8/c1-13(28-20-15(10-25)11-27-22(26)30-20)21-29-19-7-3-6-18(23)17(19)12-31(21)16-5-2-4-14(8-16)9-24/h2-8,11,13H,12H2,1H3,(H3,26,27,28,30). The first kappa shape index (κ1) is 20.1. The molecule has 4 rings (SSSR count). The number of nitriles is 2. The number of halogens is 1. The third kappa shape index (κ3) is 3.97. The Labute approximate surface area is 184 Å². The minimum atomic E-state index is -0.348. The fourth-order valence-corrected chi connectivity index (χ4v) is 3.62. The first-order chi connectivity index (χ1) is 15.0. The molecule has 1 unspecified atom stereocenters. The Morgan fingerprint density at radius 2 is 2.00 bits per heavy atom. The zero-order valence-electron chi connectivity index (χ0n) is 16.5. The van der Waals surface area contributed by atoms with Crippen LogP contribution < -0.4 is 16.0 Å². The molecule has 31 heavy (non-hydrogen) atoms. The highest BCUT2D eigenvalue weighted by Crippen LogP contribution is 2.35. The number of hydrogen-bond donors (Lipinski definition) is 2. The summed E-state index contributed by atoms with van der Waals surface area (Å²) < 4.78 is 0. The van der Waals surface area contributed by atoms with E-state index in [9.17, 15) is 10.5 Å². The average molecular weight is 429 g/mol. The normalized spacial score (nSPS) is 13.4. The molecule has 2 heterocycles. The lowest BCUT2D eigenvalue weighted by molar-refractivity contribution is 0.902. The first-order valence-corrected chi connectivity index (χ1v) is 9.80. The lowest BCUT2D eigenvalue weighted by Gasteiger charge is -2.34. The SMILES string of the molecule is CC(Nc1nc(N)ncc1C#N)C1=Nc2cccc(Cl)c2CN1c1cccc(C#N)c1. The van der Waals surface area contributed by atoms with Crippen molar-refractivity contribution in [1.82, 2.24) is 9.97 Å². The number of aromatic nitrogens is 2. The number of aliphatic imine (C=N–C) groups is 1. The molecule has 0 aliphatic carbocycles. The van der Waals surface area contributed by atoms with Gasteiger partial charge in [-0.05, 0) is 37.3 Å². The number of nitrogen functional groups attached to an aromatic ring is 1. The summed E-state index contributed by atoms with van der Waals surface area (Å²) in [5, 5.41) is 22.6. The van der Waals surface area contributed by atoms with Crippen molar-refractivity contribution in [3.63, 3.8) is 0 Å². The highest BCUT2D eigenvalue weighted by atomic mass is 35.5. The number of rotatable bonds is 4. The molecular formula is C22H17ClN8. The van der Waals surface area contributed by atoms with Gasteiger partial charge in [-0.2, -0.15) is 15.5 Å². The molecule has 1 aliphatic heterocycles. The van der Waals surface area contributed by atoms with Crippen LogP contribution >= 0.6 is 11.6 Å². The van der Waals surface area contributed by atoms with Crippen LogP contribution in [0, 0.1) is 22.7 Å². The maximum atomic E-state index is 9.38. The lowest BCUT2D eigenvalue weighted by Crippen LogP contribution is -2.43. The monoisotopic (exact) mass is 428 g/mol. The van der Waals surface area contributed by atoms with Gasteiger partial charge >= 0.3 is 0 Å². The van der Waals surface area contributed by atoms with E-state index in [-0.39, 0.29) is 17.6 Å². The van der Waals surface area contributed by atoms with Crippen LogP contribution in [-0.2, 0) is 6.54 Å². The number of nitrogens with two attached hydrogens (primary N) is 1. The van der Waals surface area contributed by atoms with E-state index in [1.807, 2.05) is 42.2 Å². The summed E-state index contributed by atoms with van der Waals surface area (Å²) in [5.41, 5.74) is 9.00. The number of benzene rings is 2. The van der Waals surface area contributed by atoms with E-state index in [0.717, 1.165) is 16.9 Å². The fraction of sp³-hybridized carbons (Fsp3) is 0.136. The average Bonchev–Trinajstić information content (AvgIpc) is 2.79. The molecule has 152 valence electrons. The van der Waals surface area contributed by atoms with Crippen LogP contribution in [0.15, 0.2) is 53.7 Å². The van der Waals surface area contributed by atoms with E-state index in [0.29, 0.717) is 28.8 Å². The molecule has 1 aliphatic rings. The van der Waals surface area contributed by atoms with Crippen molar-refractivity contribution in [3.05, 3.63) is 70.4 Å². The Morgan fingerprint density at radius 1 is 1.19 bits per heavy atom. The molecule has 0 spiro atoms. The predicted octanol–water partition coefficient (Wildman–Crippen LogP) is 4.01. The van der Waals surface area contributed by atoms with Crippen molar-refractivity contribution in [2.75, 3.05) is 16.0 Å². The number of fused-ring (bicyclic) bond motifs is 1. The minimum absolute atomic E-state index is 0.0648. The zero-order chi connectivity index (χ0) is 22.0. The second kappa shape index (κ2) is 8.31. The van der Waals surface area contributed by atoms with Gasteiger partial charge in [0.05, 0.1) is 36.1 Å². The Bertz CT molecular complexity index is 1270. The van der Waals surface area contributed by atoms with Gasteiger partial charge in [-0.25, -0.2) is 9.98 Å². The molecule has 2 aromatic carbocycles. The minimum Gasteiger partial charge on any atom is -0.368 e. The van der Waals surface area contributed by atoms with Crippen molar-refractivity contribution in [3.8, 4) is 12.1 Å². The number of anilines is 3. The van der Waals surface area contributed by atoms with Crippen LogP contribution in [0.4, 0.5) is 23.1 Å². The first-order valence-electron chi connectivity index (χ1n) is 9.43. The van der Waals surface area contributed by atoms with Gasteiger partial charge in [-0.15, -0.1) is 0 Å². The van der Waals surface area contributed by atoms with Gasteiger partial charge in [-0.3, -0.25) is 0 Å². The molecule has 0 amide bonds. The quantitative estimate of drug-likeness (QED) is 0.642. The fourth-order valence-electron chi connectivity index (χ4n) is 3.39. The van der Waals surface area contributed by atoms with Crippen molar-refractivity contribution < 1.29 is 0 Å². The molecule has 0 saturated heterocycles. The topological polar surface area (TPSA) is 127 Å². The summed E-state index contributed by atoms with van der Waals surface area (Å²) in [4.78, 5) is 14.9. The van der Waals surface area contributed by atoms with Gasteiger partial charge in [-0.1, -0.05) is 23.7 Å². The summed E-state index contributed by atoms with van der Waals surface area (Å²) in [6.45, 7) is 2.39. The second-order valence-electron chi connectivity index (χ2n) is 6.92. The molecule has 8 nitrogen and oxygen atoms in total. The summed E-state index contributed by atoms with van der Waals surface area (Å²) >= 11 is 6.44. The Hall–Kier alpha value is -4.14. The number of nitrogens with one attached hydrogen (secondary N) is 1. The van der Waals surface area contributed by atoms with E-state index in [2.05, 4.69) is 27.4 Å². The van der Waals surface area contributed by atoms with Crippen LogP contribution in [0.1, 0.15) is 23.6 Å². The summed E-state index contributed by atoms with van der Waals surface area (Å²) in [6.07, 6.45) is 1.38. The van der Waals surface area contributed by atoms with E-state index in [4.69, 9.17) is 22.3 Å². The van der Waals surface area contributed by atoms with Crippen molar-refractivity contribution in [2.24, 2.45) is 4.99 Å². The van der Waals surface area contributed by atoms with Crippen molar-refractivity contribution in [2.45, 2.75) is 19.5 Å². The third-order valence-corrected chi connectivity index (χ3v) is 5.23. The smallest absolute Gasteiger partial charge is 0.222 e. The van der Waals surface area contributed by atoms with Crippen LogP contribution in [0.25, 0.3) is 0 Å². The number of nitrogens with zero attached hydrogens (tertiary/aromatic N) is 6. The van der Waals surface area contributed by atoms with Crippen LogP contribution in [-0.4, -0.2) is 21.8 Å². The second-order valence-corrected chi connectivity index (χ2v) is 7.33. The van der Waals surface area contributed by atoms with Gasteiger partial charge in [0.1, 0.15) is 23.3 Å². The Kier molecular flexibility index (Phi) is 5.40. The Morgan fingerprint density at radius 3 is 2.77 bits per heavy atom. The molecular weight excluding hydrogens is 412 g/mol. The van der Waals surface area contributed by atoms with Crippen molar-refractivity contribution in [1.29, 1.82) is 10.5 Å². The van der Waals surface area contributed by atoms with E-state index in [1.54, 1.807) is 12.1 Å². The van der Waals surface area contributed by atoms with Gasteiger partial charge in [0, 0.05) is 16.3 Å². The summed E-state index contributed by atoms with van der Waals surface area (Å²) in [5.74, 6) is 1.08. The van der Waals surface area contributed by atoms with Gasteiger partial charge in [0.2, 0.25) is 5.95 Å². The maximum Gasteiger partial charge on any atom is 0.222 e. The van der Waals surface area contributed by atoms with Crippen LogP contribution in [0.3, 0.4) is 0 Å². The number of hydrogen-bond acceptors (Lipinski definition) is 8. The lowest BCUT2D eigenvalue weighted by atomic mass is 10.1. The highest BCUT2D eigenvalue weighted by Gasteiger charge is 2.27. The van der Waals surface area contributed by atoms with Gasteiger partial charge in [0.15, 0.2) is 0 Å². The van der Waals surface area contributed by atoms with E-state index in [1.165, 1.54) is 6.20 Å². The molecule has 0 bridgehead atoms. The molecule has 3 N–H and O–H groups in total. The largest absolute Gasteiger partial charge is 0.368 e. The van der Waals surface area contributed by atoms with Gasteiger partial charge < -0.3 is 16.0 Å². The molecule has 0 saturated carbocycles. The molecule has 3 aromatic rings. The van der Waals surface area contributed by atoms with Crippen molar-refractivity contribution >= 4 is 40.6 Å². The third-order valence-electron chi connectivity index (χ3n) is 4.88. The van der Waals surface area contributed by atoms with E-state index < -0.39 is 0 Å². The maximum absolute atomic E-state index is 9.38. The zero-order valence-corrected chi connectivity index (χ0v) is 17.3. The summed E-state index contributed by atoms with van der Waals surface area (Å²) in [7, 11) is 0. The number of amidine groups is 1. The van der Waals surface area contributed by atoms with E-state index >= 15 is 0 Å². The molecule has 9 heteroatoms. The summed E-state index contributed by atoms with van der Waals surface area (Å²) in [6, 6.07) is 16.7. The Balaban J connectivity index is 1.78. The van der Waals surface area contributed by atoms with Crippen LogP contribution in [0.2, 0.25) is 5.02 Å².